The SMILES string of the molecule is CCc1ccc(NC(=O)N2CCC(CC(=O)N3CCCCC3)CC2)cc1. The van der Waals surface area contributed by atoms with E-state index in [2.05, 4.69) is 12.2 Å². The van der Waals surface area contributed by atoms with Gasteiger partial charge in [0, 0.05) is 38.3 Å². The molecule has 2 aliphatic rings. The van der Waals surface area contributed by atoms with Crippen LogP contribution in [0.5, 0.6) is 0 Å². The van der Waals surface area contributed by atoms with Gasteiger partial charge >= 0.3 is 6.03 Å². The molecule has 2 fully saturated rings. The molecule has 0 unspecified atom stereocenters. The maximum atomic E-state index is 12.4. The Labute approximate surface area is 156 Å². The molecular weight excluding hydrogens is 326 g/mol. The zero-order valence-electron chi connectivity index (χ0n) is 15.9. The van der Waals surface area contributed by atoms with Crippen LogP contribution in [0.25, 0.3) is 0 Å². The molecule has 3 rings (SSSR count). The molecule has 2 heterocycles. The van der Waals surface area contributed by atoms with Gasteiger partial charge in [-0.3, -0.25) is 4.79 Å². The van der Waals surface area contributed by atoms with Crippen LogP contribution in [-0.4, -0.2) is 47.9 Å². The highest BCUT2D eigenvalue weighted by Crippen LogP contribution is 2.23. The Balaban J connectivity index is 1.42. The maximum absolute atomic E-state index is 12.4. The third kappa shape index (κ3) is 4.99. The minimum Gasteiger partial charge on any atom is -0.343 e. The molecule has 2 aliphatic heterocycles. The van der Waals surface area contributed by atoms with Crippen molar-refractivity contribution in [1.82, 2.24) is 9.80 Å². The molecule has 0 aromatic heterocycles. The first-order valence-electron chi connectivity index (χ1n) is 10.1. The van der Waals surface area contributed by atoms with Crippen molar-refractivity contribution >= 4 is 17.6 Å². The van der Waals surface area contributed by atoms with Crippen LogP contribution in [0.2, 0.25) is 0 Å². The van der Waals surface area contributed by atoms with Crippen molar-refractivity contribution in [2.75, 3.05) is 31.5 Å². The molecule has 0 atom stereocenters. The van der Waals surface area contributed by atoms with E-state index in [1.54, 1.807) is 0 Å². The molecule has 0 saturated carbocycles. The second-order valence-corrected chi connectivity index (χ2v) is 7.56. The summed E-state index contributed by atoms with van der Waals surface area (Å²) < 4.78 is 0. The van der Waals surface area contributed by atoms with E-state index in [1.807, 2.05) is 34.1 Å². The largest absolute Gasteiger partial charge is 0.343 e. The highest BCUT2D eigenvalue weighted by molar-refractivity contribution is 5.89. The fourth-order valence-electron chi connectivity index (χ4n) is 3.89. The van der Waals surface area contributed by atoms with Crippen molar-refractivity contribution in [1.29, 1.82) is 0 Å². The van der Waals surface area contributed by atoms with Gasteiger partial charge in [0.25, 0.3) is 0 Å². The first-order valence-corrected chi connectivity index (χ1v) is 10.1. The molecule has 0 aliphatic carbocycles. The molecule has 0 radical (unpaired) electrons. The average Bonchev–Trinajstić information content (AvgIpc) is 2.69. The molecule has 2 saturated heterocycles. The summed E-state index contributed by atoms with van der Waals surface area (Å²) in [6.45, 7) is 5.44. The van der Waals surface area contributed by atoms with E-state index in [-0.39, 0.29) is 6.03 Å². The van der Waals surface area contributed by atoms with Gasteiger partial charge in [-0.05, 0) is 62.1 Å². The first kappa shape index (κ1) is 18.7. The van der Waals surface area contributed by atoms with Gasteiger partial charge in [0.15, 0.2) is 0 Å². The summed E-state index contributed by atoms with van der Waals surface area (Å²) >= 11 is 0. The molecule has 142 valence electrons. The minimum absolute atomic E-state index is 0.0324. The Morgan fingerprint density at radius 2 is 1.62 bits per heavy atom. The lowest BCUT2D eigenvalue weighted by Gasteiger charge is -2.33. The number of carbonyl (C=O) groups is 2. The number of aryl methyl sites for hydroxylation is 1. The molecule has 0 bridgehead atoms. The summed E-state index contributed by atoms with van der Waals surface area (Å²) in [7, 11) is 0. The lowest BCUT2D eigenvalue weighted by Crippen LogP contribution is -2.42. The lowest BCUT2D eigenvalue weighted by molar-refractivity contribution is -0.133. The highest BCUT2D eigenvalue weighted by atomic mass is 16.2. The predicted molar refractivity (Wildman–Crippen MR) is 104 cm³/mol. The zero-order valence-corrected chi connectivity index (χ0v) is 15.9. The van der Waals surface area contributed by atoms with Crippen LogP contribution >= 0.6 is 0 Å². The van der Waals surface area contributed by atoms with Gasteiger partial charge in [0.1, 0.15) is 0 Å². The standard InChI is InChI=1S/C21H31N3O2/c1-2-17-6-8-19(9-7-17)22-21(26)24-14-10-18(11-15-24)16-20(25)23-12-4-3-5-13-23/h6-9,18H,2-5,10-16H2,1H3,(H,22,26). The van der Waals surface area contributed by atoms with Gasteiger partial charge in [0.05, 0.1) is 0 Å². The van der Waals surface area contributed by atoms with Gasteiger partial charge in [-0.15, -0.1) is 0 Å². The van der Waals surface area contributed by atoms with E-state index >= 15 is 0 Å². The summed E-state index contributed by atoms with van der Waals surface area (Å²) in [6.07, 6.45) is 7.01. The number of benzene rings is 1. The van der Waals surface area contributed by atoms with Crippen LogP contribution in [0.3, 0.4) is 0 Å². The smallest absolute Gasteiger partial charge is 0.321 e. The molecule has 5 heteroatoms. The number of rotatable bonds is 4. The monoisotopic (exact) mass is 357 g/mol. The van der Waals surface area contributed by atoms with Crippen molar-refractivity contribution in [3.8, 4) is 0 Å². The summed E-state index contributed by atoms with van der Waals surface area (Å²) in [5.74, 6) is 0.723. The Morgan fingerprint density at radius 3 is 2.23 bits per heavy atom. The van der Waals surface area contributed by atoms with E-state index in [0.29, 0.717) is 18.2 Å². The molecular formula is C21H31N3O2. The van der Waals surface area contributed by atoms with Crippen molar-refractivity contribution in [2.24, 2.45) is 5.92 Å². The fraction of sp³-hybridized carbons (Fsp3) is 0.619. The third-order valence-corrected chi connectivity index (χ3v) is 5.69. The molecule has 1 aromatic carbocycles. The van der Waals surface area contributed by atoms with Crippen LogP contribution < -0.4 is 5.32 Å². The summed E-state index contributed by atoms with van der Waals surface area (Å²) in [5.41, 5.74) is 2.11. The number of hydrogen-bond acceptors (Lipinski definition) is 2. The van der Waals surface area contributed by atoms with Crippen molar-refractivity contribution in [2.45, 2.75) is 51.9 Å². The molecule has 0 spiro atoms. The normalized spacial score (nSPS) is 18.7. The lowest BCUT2D eigenvalue weighted by atomic mass is 9.93. The molecule has 5 nitrogen and oxygen atoms in total. The van der Waals surface area contributed by atoms with Crippen molar-refractivity contribution in [3.63, 3.8) is 0 Å². The van der Waals surface area contributed by atoms with Crippen LogP contribution in [0, 0.1) is 5.92 Å². The average molecular weight is 357 g/mol. The predicted octanol–water partition coefficient (Wildman–Crippen LogP) is 3.90. The number of nitrogens with zero attached hydrogens (tertiary/aromatic N) is 2. The minimum atomic E-state index is -0.0324. The highest BCUT2D eigenvalue weighted by Gasteiger charge is 2.26. The summed E-state index contributed by atoms with van der Waals surface area (Å²) in [6, 6.07) is 7.99. The van der Waals surface area contributed by atoms with Crippen molar-refractivity contribution in [3.05, 3.63) is 29.8 Å². The van der Waals surface area contributed by atoms with Gasteiger partial charge < -0.3 is 15.1 Å². The molecule has 3 amide bonds. The Kier molecular flexibility index (Phi) is 6.53. The number of carbonyl (C=O) groups excluding carboxylic acids is 2. The second kappa shape index (κ2) is 9.06. The number of nitrogens with one attached hydrogen (secondary N) is 1. The Morgan fingerprint density at radius 1 is 0.962 bits per heavy atom. The van der Waals surface area contributed by atoms with E-state index in [4.69, 9.17) is 0 Å². The van der Waals surface area contributed by atoms with E-state index in [9.17, 15) is 9.59 Å². The molecule has 1 N–H and O–H groups in total. The Hall–Kier alpha value is -2.04. The van der Waals surface area contributed by atoms with Gasteiger partial charge in [-0.25, -0.2) is 4.79 Å². The number of anilines is 1. The van der Waals surface area contributed by atoms with E-state index in [0.717, 1.165) is 64.0 Å². The van der Waals surface area contributed by atoms with E-state index < -0.39 is 0 Å². The number of urea groups is 1. The maximum Gasteiger partial charge on any atom is 0.321 e. The van der Waals surface area contributed by atoms with Crippen molar-refractivity contribution < 1.29 is 9.59 Å². The van der Waals surface area contributed by atoms with Gasteiger partial charge in [-0.1, -0.05) is 19.1 Å². The molecule has 26 heavy (non-hydrogen) atoms. The van der Waals surface area contributed by atoms with Crippen LogP contribution in [0.4, 0.5) is 10.5 Å². The zero-order chi connectivity index (χ0) is 18.4. The van der Waals surface area contributed by atoms with Gasteiger partial charge in [-0.2, -0.15) is 0 Å². The van der Waals surface area contributed by atoms with Crippen LogP contribution in [0.1, 0.15) is 51.0 Å². The summed E-state index contributed by atoms with van der Waals surface area (Å²) in [4.78, 5) is 28.7. The quantitative estimate of drug-likeness (QED) is 0.889. The third-order valence-electron chi connectivity index (χ3n) is 5.69. The second-order valence-electron chi connectivity index (χ2n) is 7.56. The topological polar surface area (TPSA) is 52.7 Å². The molecule has 1 aromatic rings. The number of piperidine rings is 2. The van der Waals surface area contributed by atoms with Gasteiger partial charge in [0.2, 0.25) is 5.91 Å². The van der Waals surface area contributed by atoms with E-state index in [1.165, 1.54) is 12.0 Å². The Bertz CT molecular complexity index is 600. The summed E-state index contributed by atoms with van der Waals surface area (Å²) in [5, 5.41) is 2.98. The van der Waals surface area contributed by atoms with Crippen LogP contribution in [-0.2, 0) is 11.2 Å². The number of likely N-dealkylation sites (tertiary alicyclic amines) is 2. The fourth-order valence-corrected chi connectivity index (χ4v) is 3.89. The first-order chi connectivity index (χ1) is 12.7. The number of amides is 3. The number of hydrogen-bond donors (Lipinski definition) is 1. The van der Waals surface area contributed by atoms with Crippen LogP contribution in [0.15, 0.2) is 24.3 Å².